The second kappa shape index (κ2) is 12.1. The maximum Gasteiger partial charge on any atom is 0.187 e. The van der Waals surface area contributed by atoms with Crippen molar-refractivity contribution >= 4 is 34.7 Å². The summed E-state index contributed by atoms with van der Waals surface area (Å²) in [7, 11) is 0. The number of thioether (sulfide) groups is 1. The highest BCUT2D eigenvalue weighted by atomic mass is 35.5. The minimum atomic E-state index is -1.36. The molecule has 208 valence electrons. The van der Waals surface area contributed by atoms with Crippen molar-refractivity contribution < 1.29 is 33.6 Å². The second-order valence-corrected chi connectivity index (χ2v) is 11.0. The van der Waals surface area contributed by atoms with Gasteiger partial charge in [0.05, 0.1) is 24.4 Å². The SMILES string of the molecule is N#Cc1ncc(Cl)cc1SC1OC(CO)C(O)C(n2cc(-c3nccs3)nn2)C1OCc1cc(F)c(O)c(F)c1. The number of hydrogen-bond donors (Lipinski definition) is 3. The molecule has 4 aromatic rings. The molecule has 1 fully saturated rings. The summed E-state index contributed by atoms with van der Waals surface area (Å²) in [5, 5.41) is 51.1. The first kappa shape index (κ1) is 28.3. The normalized spacial score (nSPS) is 22.8. The minimum Gasteiger partial charge on any atom is -0.503 e. The number of phenols is 1. The van der Waals surface area contributed by atoms with Crippen LogP contribution in [0.2, 0.25) is 5.02 Å². The first-order valence-corrected chi connectivity index (χ1v) is 13.7. The molecule has 3 N–H and O–H groups in total. The number of rotatable bonds is 8. The molecule has 0 aliphatic carbocycles. The van der Waals surface area contributed by atoms with Gasteiger partial charge >= 0.3 is 0 Å². The zero-order valence-electron chi connectivity index (χ0n) is 20.1. The highest BCUT2D eigenvalue weighted by Crippen LogP contribution is 2.41. The van der Waals surface area contributed by atoms with Gasteiger partial charge in [-0.15, -0.1) is 16.4 Å². The number of benzene rings is 1. The van der Waals surface area contributed by atoms with E-state index in [4.69, 9.17) is 21.1 Å². The van der Waals surface area contributed by atoms with E-state index in [9.17, 15) is 29.4 Å². The fraction of sp³-hybridized carbons (Fsp3) is 0.292. The lowest BCUT2D eigenvalue weighted by Gasteiger charge is -2.43. The molecule has 5 atom stereocenters. The molecule has 16 heteroatoms. The lowest BCUT2D eigenvalue weighted by atomic mass is 9.97. The molecule has 11 nitrogen and oxygen atoms in total. The molecular formula is C24H19ClF2N6O5S2. The van der Waals surface area contributed by atoms with Crippen LogP contribution in [0.15, 0.2) is 47.1 Å². The number of thiazole rings is 1. The largest absolute Gasteiger partial charge is 0.503 e. The number of aromatic nitrogens is 5. The van der Waals surface area contributed by atoms with Crippen molar-refractivity contribution in [3.05, 3.63) is 70.1 Å². The third-order valence-electron chi connectivity index (χ3n) is 5.98. The number of halogens is 3. The number of aliphatic hydroxyl groups excluding tert-OH is 2. The van der Waals surface area contributed by atoms with Crippen LogP contribution in [0.3, 0.4) is 0 Å². The maximum absolute atomic E-state index is 14.0. The Morgan fingerprint density at radius 1 is 1.25 bits per heavy atom. The molecule has 0 bridgehead atoms. The Balaban J connectivity index is 1.54. The van der Waals surface area contributed by atoms with Gasteiger partial charge in [-0.3, -0.25) is 0 Å². The Bertz CT molecular complexity index is 1520. The third kappa shape index (κ3) is 5.79. The van der Waals surface area contributed by atoms with Crippen LogP contribution < -0.4 is 0 Å². The average Bonchev–Trinajstić information content (AvgIpc) is 3.64. The van der Waals surface area contributed by atoms with Crippen molar-refractivity contribution in [2.75, 3.05) is 6.61 Å². The van der Waals surface area contributed by atoms with Crippen LogP contribution in [0, 0.1) is 23.0 Å². The number of aromatic hydroxyl groups is 1. The van der Waals surface area contributed by atoms with Crippen LogP contribution in [-0.2, 0) is 16.1 Å². The summed E-state index contributed by atoms with van der Waals surface area (Å²) < 4.78 is 41.5. The molecule has 40 heavy (non-hydrogen) atoms. The number of aliphatic hydroxyl groups is 2. The number of ether oxygens (including phenoxy) is 2. The van der Waals surface area contributed by atoms with Gasteiger partial charge in [-0.05, 0) is 23.8 Å². The summed E-state index contributed by atoms with van der Waals surface area (Å²) in [6.07, 6.45) is 0.914. The molecule has 5 rings (SSSR count). The molecule has 5 unspecified atom stereocenters. The van der Waals surface area contributed by atoms with E-state index in [1.165, 1.54) is 28.3 Å². The van der Waals surface area contributed by atoms with Crippen LogP contribution in [0.1, 0.15) is 17.3 Å². The lowest BCUT2D eigenvalue weighted by Crippen LogP contribution is -2.55. The van der Waals surface area contributed by atoms with Crippen LogP contribution in [0.4, 0.5) is 8.78 Å². The van der Waals surface area contributed by atoms with Gasteiger partial charge in [-0.1, -0.05) is 28.6 Å². The van der Waals surface area contributed by atoms with Crippen molar-refractivity contribution in [2.24, 2.45) is 0 Å². The van der Waals surface area contributed by atoms with E-state index >= 15 is 0 Å². The Morgan fingerprint density at radius 3 is 2.70 bits per heavy atom. The van der Waals surface area contributed by atoms with Crippen molar-refractivity contribution in [3.63, 3.8) is 0 Å². The molecule has 4 heterocycles. The highest BCUT2D eigenvalue weighted by molar-refractivity contribution is 7.99. The summed E-state index contributed by atoms with van der Waals surface area (Å²) >= 11 is 8.45. The smallest absolute Gasteiger partial charge is 0.187 e. The fourth-order valence-corrected chi connectivity index (χ4v) is 6.16. The maximum atomic E-state index is 14.0. The number of phenolic OH excluding ortho intramolecular Hbond substituents is 1. The van der Waals surface area contributed by atoms with Crippen LogP contribution in [0.5, 0.6) is 5.75 Å². The van der Waals surface area contributed by atoms with Crippen molar-refractivity contribution in [1.29, 1.82) is 5.26 Å². The Kier molecular flexibility index (Phi) is 8.57. The average molecular weight is 609 g/mol. The molecule has 3 aromatic heterocycles. The van der Waals surface area contributed by atoms with E-state index in [1.807, 2.05) is 6.07 Å². The quantitative estimate of drug-likeness (QED) is 0.269. The van der Waals surface area contributed by atoms with Gasteiger partial charge in [0.15, 0.2) is 23.1 Å². The summed E-state index contributed by atoms with van der Waals surface area (Å²) in [4.78, 5) is 8.57. The van der Waals surface area contributed by atoms with Gasteiger partial charge in [-0.2, -0.15) is 5.26 Å². The Morgan fingerprint density at radius 2 is 2.02 bits per heavy atom. The summed E-state index contributed by atoms with van der Waals surface area (Å²) in [5.74, 6) is -3.46. The summed E-state index contributed by atoms with van der Waals surface area (Å²) in [6.45, 7) is -0.929. The molecule has 0 spiro atoms. The molecule has 1 aliphatic rings. The van der Waals surface area contributed by atoms with Crippen LogP contribution in [-0.4, -0.2) is 70.6 Å². The van der Waals surface area contributed by atoms with E-state index in [2.05, 4.69) is 20.3 Å². The minimum absolute atomic E-state index is 0.0504. The van der Waals surface area contributed by atoms with E-state index < -0.39 is 53.8 Å². The highest BCUT2D eigenvalue weighted by Gasteiger charge is 2.48. The number of hydrogen-bond acceptors (Lipinski definition) is 12. The van der Waals surface area contributed by atoms with E-state index in [0.717, 1.165) is 23.9 Å². The van der Waals surface area contributed by atoms with Gasteiger partial charge in [-0.25, -0.2) is 23.4 Å². The number of nitrogens with zero attached hydrogens (tertiary/aromatic N) is 6. The zero-order valence-corrected chi connectivity index (χ0v) is 22.5. The molecule has 1 saturated heterocycles. The lowest BCUT2D eigenvalue weighted by molar-refractivity contribution is -0.196. The monoisotopic (exact) mass is 608 g/mol. The fourth-order valence-electron chi connectivity index (χ4n) is 4.12. The van der Waals surface area contributed by atoms with Crippen LogP contribution in [0.25, 0.3) is 10.7 Å². The zero-order chi connectivity index (χ0) is 28.4. The predicted molar refractivity (Wildman–Crippen MR) is 138 cm³/mol. The van der Waals surface area contributed by atoms with E-state index in [1.54, 1.807) is 17.8 Å². The molecule has 0 saturated carbocycles. The summed E-state index contributed by atoms with van der Waals surface area (Å²) in [6, 6.07) is 4.29. The van der Waals surface area contributed by atoms with Crippen molar-refractivity contribution in [1.82, 2.24) is 25.0 Å². The van der Waals surface area contributed by atoms with Crippen molar-refractivity contribution in [2.45, 2.75) is 41.3 Å². The molecular weight excluding hydrogens is 590 g/mol. The van der Waals surface area contributed by atoms with Gasteiger partial charge in [0.1, 0.15) is 46.6 Å². The van der Waals surface area contributed by atoms with Gasteiger partial charge in [0.2, 0.25) is 0 Å². The van der Waals surface area contributed by atoms with Crippen LogP contribution >= 0.6 is 34.7 Å². The standard InChI is InChI=1S/C24H19ClF2N6O5S2/c25-12-5-18(15(6-28)30-7-12)40-24-22(37-10-11-3-13(26)20(35)14(27)4-11)19(21(36)17(9-34)38-24)33-8-16(31-32-33)23-29-1-2-39-23/h1-5,7-8,17,19,21-22,24,34-36H,9-10H2. The number of nitriles is 1. The Hall–Kier alpha value is -3.23. The molecule has 1 aromatic carbocycles. The van der Waals surface area contributed by atoms with Gasteiger partial charge in [0, 0.05) is 22.7 Å². The topological polar surface area (TPSA) is 159 Å². The molecule has 1 aliphatic heterocycles. The van der Waals surface area contributed by atoms with Crippen molar-refractivity contribution in [3.8, 4) is 22.5 Å². The Labute approximate surface area is 238 Å². The molecule has 0 amide bonds. The van der Waals surface area contributed by atoms with Gasteiger partial charge < -0.3 is 24.8 Å². The first-order valence-electron chi connectivity index (χ1n) is 11.6. The summed E-state index contributed by atoms with van der Waals surface area (Å²) in [5.41, 5.74) is -0.476. The van der Waals surface area contributed by atoms with E-state index in [-0.39, 0.29) is 22.9 Å². The molecule has 0 radical (unpaired) electrons. The second-order valence-electron chi connectivity index (χ2n) is 8.54. The van der Waals surface area contributed by atoms with E-state index in [0.29, 0.717) is 15.6 Å². The van der Waals surface area contributed by atoms with Gasteiger partial charge in [0.25, 0.3) is 0 Å². The third-order valence-corrected chi connectivity index (χ3v) is 8.16. The number of pyridine rings is 1. The predicted octanol–water partition coefficient (Wildman–Crippen LogP) is 3.30. The first-order chi connectivity index (χ1) is 19.3.